The molecule has 3 heteroatoms. The summed E-state index contributed by atoms with van der Waals surface area (Å²) in [5, 5.41) is 3.38. The van der Waals surface area contributed by atoms with Crippen LogP contribution in [-0.2, 0) is 11.2 Å². The lowest BCUT2D eigenvalue weighted by molar-refractivity contribution is 0.199. The van der Waals surface area contributed by atoms with E-state index in [-0.39, 0.29) is 0 Å². The van der Waals surface area contributed by atoms with Crippen LogP contribution in [0.4, 0.5) is 0 Å². The fourth-order valence-corrected chi connectivity index (χ4v) is 2.42. The SMILES string of the molecule is CCOc1ccc(C)cc1CCCCCCNCCOC. The molecule has 0 bridgehead atoms. The topological polar surface area (TPSA) is 30.5 Å². The van der Waals surface area contributed by atoms with Crippen LogP contribution < -0.4 is 10.1 Å². The van der Waals surface area contributed by atoms with Gasteiger partial charge in [0, 0.05) is 13.7 Å². The van der Waals surface area contributed by atoms with Gasteiger partial charge in [-0.05, 0) is 51.3 Å². The Hall–Kier alpha value is -1.06. The van der Waals surface area contributed by atoms with Gasteiger partial charge in [-0.3, -0.25) is 0 Å². The maximum Gasteiger partial charge on any atom is 0.122 e. The third-order valence-electron chi connectivity index (χ3n) is 3.55. The molecule has 1 N–H and O–H groups in total. The molecule has 0 aliphatic heterocycles. The highest BCUT2D eigenvalue weighted by atomic mass is 16.5. The Morgan fingerprint density at radius 1 is 1.05 bits per heavy atom. The van der Waals surface area contributed by atoms with Gasteiger partial charge in [0.05, 0.1) is 13.2 Å². The Bertz CT molecular complexity index is 379. The van der Waals surface area contributed by atoms with Gasteiger partial charge in [0.1, 0.15) is 5.75 Å². The Labute approximate surface area is 130 Å². The van der Waals surface area contributed by atoms with E-state index in [2.05, 4.69) is 30.4 Å². The third kappa shape index (κ3) is 8.08. The van der Waals surface area contributed by atoms with Crippen molar-refractivity contribution in [1.29, 1.82) is 0 Å². The summed E-state index contributed by atoms with van der Waals surface area (Å²) in [5.41, 5.74) is 2.67. The molecule has 1 aromatic rings. The lowest BCUT2D eigenvalue weighted by Gasteiger charge is -2.11. The molecule has 1 aromatic carbocycles. The standard InChI is InChI=1S/C18H31NO2/c1-4-21-18-11-10-16(2)15-17(18)9-7-5-6-8-12-19-13-14-20-3/h10-11,15,19H,4-9,12-14H2,1-3H3. The molecule has 0 saturated heterocycles. The average Bonchev–Trinajstić information content (AvgIpc) is 2.48. The van der Waals surface area contributed by atoms with E-state index in [0.717, 1.165) is 38.5 Å². The van der Waals surface area contributed by atoms with Crippen molar-refractivity contribution in [3.05, 3.63) is 29.3 Å². The molecule has 120 valence electrons. The first-order chi connectivity index (χ1) is 10.3. The average molecular weight is 293 g/mol. The van der Waals surface area contributed by atoms with Gasteiger partial charge >= 0.3 is 0 Å². The maximum atomic E-state index is 5.70. The first-order valence-electron chi connectivity index (χ1n) is 8.20. The molecule has 0 atom stereocenters. The summed E-state index contributed by atoms with van der Waals surface area (Å²) in [4.78, 5) is 0. The molecule has 0 saturated carbocycles. The molecule has 21 heavy (non-hydrogen) atoms. The van der Waals surface area contributed by atoms with Crippen LogP contribution in [-0.4, -0.2) is 33.4 Å². The third-order valence-corrected chi connectivity index (χ3v) is 3.55. The quantitative estimate of drug-likeness (QED) is 0.596. The lowest BCUT2D eigenvalue weighted by atomic mass is 10.0. The smallest absolute Gasteiger partial charge is 0.122 e. The predicted molar refractivity (Wildman–Crippen MR) is 89.3 cm³/mol. The Morgan fingerprint density at radius 2 is 1.86 bits per heavy atom. The normalized spacial score (nSPS) is 10.8. The van der Waals surface area contributed by atoms with Crippen LogP contribution >= 0.6 is 0 Å². The van der Waals surface area contributed by atoms with E-state index in [0.29, 0.717) is 0 Å². The van der Waals surface area contributed by atoms with Crippen LogP contribution in [0.2, 0.25) is 0 Å². The van der Waals surface area contributed by atoms with Crippen molar-refractivity contribution in [2.45, 2.75) is 46.0 Å². The maximum absolute atomic E-state index is 5.70. The largest absolute Gasteiger partial charge is 0.494 e. The van der Waals surface area contributed by atoms with Gasteiger partial charge in [-0.1, -0.05) is 30.5 Å². The Kier molecular flexibility index (Phi) is 9.92. The second-order valence-corrected chi connectivity index (χ2v) is 5.45. The first kappa shape index (κ1) is 18.0. The molecule has 0 amide bonds. The molecule has 0 fully saturated rings. The zero-order valence-electron chi connectivity index (χ0n) is 13.9. The fraction of sp³-hybridized carbons (Fsp3) is 0.667. The summed E-state index contributed by atoms with van der Waals surface area (Å²) in [6.45, 7) is 7.78. The molecule has 0 aliphatic carbocycles. The molecule has 1 rings (SSSR count). The molecule has 0 aliphatic rings. The van der Waals surface area contributed by atoms with Gasteiger partial charge in [-0.2, -0.15) is 0 Å². The number of benzene rings is 1. The number of unbranched alkanes of at least 4 members (excludes halogenated alkanes) is 3. The second-order valence-electron chi connectivity index (χ2n) is 5.45. The molecule has 0 unspecified atom stereocenters. The summed E-state index contributed by atoms with van der Waals surface area (Å²) < 4.78 is 10.7. The Morgan fingerprint density at radius 3 is 2.62 bits per heavy atom. The number of hydrogen-bond donors (Lipinski definition) is 1. The molecule has 0 aromatic heterocycles. The highest BCUT2D eigenvalue weighted by molar-refractivity contribution is 5.36. The van der Waals surface area contributed by atoms with Gasteiger partial charge in [0.25, 0.3) is 0 Å². The van der Waals surface area contributed by atoms with Crippen molar-refractivity contribution in [3.8, 4) is 5.75 Å². The van der Waals surface area contributed by atoms with Gasteiger partial charge in [-0.15, -0.1) is 0 Å². The van der Waals surface area contributed by atoms with Crippen LogP contribution in [0.3, 0.4) is 0 Å². The monoisotopic (exact) mass is 293 g/mol. The zero-order chi connectivity index (χ0) is 15.3. The van der Waals surface area contributed by atoms with Crippen molar-refractivity contribution < 1.29 is 9.47 Å². The minimum absolute atomic E-state index is 0.739. The number of nitrogens with one attached hydrogen (secondary N) is 1. The van der Waals surface area contributed by atoms with Crippen molar-refractivity contribution >= 4 is 0 Å². The number of methoxy groups -OCH3 is 1. The second kappa shape index (κ2) is 11.6. The predicted octanol–water partition coefficient (Wildman–Crippen LogP) is 3.73. The van der Waals surface area contributed by atoms with Crippen LogP contribution in [0, 0.1) is 6.92 Å². The van der Waals surface area contributed by atoms with E-state index in [4.69, 9.17) is 9.47 Å². The van der Waals surface area contributed by atoms with Crippen molar-refractivity contribution in [3.63, 3.8) is 0 Å². The summed E-state index contributed by atoms with van der Waals surface area (Å²) in [6, 6.07) is 6.49. The van der Waals surface area contributed by atoms with Crippen LogP contribution in [0.25, 0.3) is 0 Å². The molecule has 0 radical (unpaired) electrons. The minimum atomic E-state index is 0.739. The highest BCUT2D eigenvalue weighted by Crippen LogP contribution is 2.22. The molecule has 0 heterocycles. The molecular formula is C18H31NO2. The van der Waals surface area contributed by atoms with Crippen LogP contribution in [0.1, 0.15) is 43.7 Å². The summed E-state index contributed by atoms with van der Waals surface area (Å²) in [7, 11) is 1.74. The van der Waals surface area contributed by atoms with E-state index >= 15 is 0 Å². The van der Waals surface area contributed by atoms with Crippen molar-refractivity contribution in [1.82, 2.24) is 5.32 Å². The van der Waals surface area contributed by atoms with E-state index < -0.39 is 0 Å². The van der Waals surface area contributed by atoms with Crippen LogP contribution in [0.5, 0.6) is 5.75 Å². The first-order valence-corrected chi connectivity index (χ1v) is 8.20. The van der Waals surface area contributed by atoms with Gasteiger partial charge in [0.2, 0.25) is 0 Å². The summed E-state index contributed by atoms with van der Waals surface area (Å²) in [5.74, 6) is 1.06. The van der Waals surface area contributed by atoms with Gasteiger partial charge < -0.3 is 14.8 Å². The van der Waals surface area contributed by atoms with Gasteiger partial charge in [-0.25, -0.2) is 0 Å². The lowest BCUT2D eigenvalue weighted by Crippen LogP contribution is -2.20. The number of hydrogen-bond acceptors (Lipinski definition) is 3. The number of aryl methyl sites for hydroxylation is 2. The Balaban J connectivity index is 2.16. The highest BCUT2D eigenvalue weighted by Gasteiger charge is 2.03. The summed E-state index contributed by atoms with van der Waals surface area (Å²) >= 11 is 0. The number of ether oxygens (including phenoxy) is 2. The van der Waals surface area contributed by atoms with E-state index in [1.165, 1.54) is 36.8 Å². The van der Waals surface area contributed by atoms with Gasteiger partial charge in [0.15, 0.2) is 0 Å². The van der Waals surface area contributed by atoms with Crippen molar-refractivity contribution in [2.24, 2.45) is 0 Å². The van der Waals surface area contributed by atoms with E-state index in [1.807, 2.05) is 6.92 Å². The summed E-state index contributed by atoms with van der Waals surface area (Å²) in [6.07, 6.45) is 6.17. The van der Waals surface area contributed by atoms with E-state index in [9.17, 15) is 0 Å². The zero-order valence-corrected chi connectivity index (χ0v) is 13.9. The van der Waals surface area contributed by atoms with Crippen molar-refractivity contribution in [2.75, 3.05) is 33.4 Å². The molecule has 3 nitrogen and oxygen atoms in total. The van der Waals surface area contributed by atoms with Crippen LogP contribution in [0.15, 0.2) is 18.2 Å². The fourth-order valence-electron chi connectivity index (χ4n) is 2.42. The van der Waals surface area contributed by atoms with E-state index in [1.54, 1.807) is 7.11 Å². The number of rotatable bonds is 12. The molecule has 0 spiro atoms. The minimum Gasteiger partial charge on any atom is -0.494 e. The molecular weight excluding hydrogens is 262 g/mol.